The highest BCUT2D eigenvalue weighted by molar-refractivity contribution is 9.10. The minimum absolute atomic E-state index is 0.198. The van der Waals surface area contributed by atoms with Crippen LogP contribution in [0, 0.1) is 0 Å². The molecule has 1 amide bonds. The lowest BCUT2D eigenvalue weighted by atomic mass is 10.2. The second-order valence-corrected chi connectivity index (χ2v) is 7.20. The molecule has 120 valence electrons. The van der Waals surface area contributed by atoms with Crippen molar-refractivity contribution < 1.29 is 4.79 Å². The number of amides is 1. The molecule has 1 aliphatic heterocycles. The quantitative estimate of drug-likeness (QED) is 0.890. The third-order valence-corrected chi connectivity index (χ3v) is 5.18. The van der Waals surface area contributed by atoms with Gasteiger partial charge in [-0.3, -0.25) is 9.69 Å². The first-order valence-corrected chi connectivity index (χ1v) is 9.02. The standard InChI is InChI=1S/C17H24BrN3O/c18-14-5-7-16(8-6-14)21-11-9-20(10-12-21)13-17(22)19-15-3-1-2-4-15/h5-8,15H,1-4,9-13H2,(H,19,22). The Labute approximate surface area is 141 Å². The van der Waals surface area contributed by atoms with Gasteiger partial charge in [-0.1, -0.05) is 28.8 Å². The van der Waals surface area contributed by atoms with Gasteiger partial charge in [0.05, 0.1) is 6.54 Å². The van der Waals surface area contributed by atoms with Crippen LogP contribution in [0.15, 0.2) is 28.7 Å². The molecular formula is C17H24BrN3O. The Morgan fingerprint density at radius 2 is 1.73 bits per heavy atom. The molecule has 5 heteroatoms. The molecule has 1 heterocycles. The zero-order valence-corrected chi connectivity index (χ0v) is 14.5. The largest absolute Gasteiger partial charge is 0.369 e. The molecule has 0 unspecified atom stereocenters. The Hall–Kier alpha value is -1.07. The van der Waals surface area contributed by atoms with Crippen LogP contribution < -0.4 is 10.2 Å². The van der Waals surface area contributed by atoms with Gasteiger partial charge < -0.3 is 10.2 Å². The van der Waals surface area contributed by atoms with E-state index in [4.69, 9.17) is 0 Å². The van der Waals surface area contributed by atoms with E-state index in [1.54, 1.807) is 0 Å². The first kappa shape index (κ1) is 15.8. The monoisotopic (exact) mass is 365 g/mol. The summed E-state index contributed by atoms with van der Waals surface area (Å²) in [5.41, 5.74) is 1.26. The smallest absolute Gasteiger partial charge is 0.234 e. The van der Waals surface area contributed by atoms with Gasteiger partial charge in [-0.2, -0.15) is 0 Å². The van der Waals surface area contributed by atoms with Crippen LogP contribution in [0.1, 0.15) is 25.7 Å². The van der Waals surface area contributed by atoms with Crippen LogP contribution in [0.4, 0.5) is 5.69 Å². The van der Waals surface area contributed by atoms with Crippen LogP contribution in [0.5, 0.6) is 0 Å². The summed E-state index contributed by atoms with van der Waals surface area (Å²) in [4.78, 5) is 16.7. The molecule has 1 aromatic carbocycles. The van der Waals surface area contributed by atoms with Crippen molar-refractivity contribution in [3.8, 4) is 0 Å². The number of anilines is 1. The Bertz CT molecular complexity index is 491. The van der Waals surface area contributed by atoms with E-state index in [0.29, 0.717) is 12.6 Å². The number of benzene rings is 1. The van der Waals surface area contributed by atoms with Crippen LogP contribution in [-0.4, -0.2) is 49.6 Å². The number of nitrogens with zero attached hydrogens (tertiary/aromatic N) is 2. The SMILES string of the molecule is O=C(CN1CCN(c2ccc(Br)cc2)CC1)NC1CCCC1. The van der Waals surface area contributed by atoms with E-state index < -0.39 is 0 Å². The molecule has 2 fully saturated rings. The second kappa shape index (κ2) is 7.47. The highest BCUT2D eigenvalue weighted by atomic mass is 79.9. The number of hydrogen-bond acceptors (Lipinski definition) is 3. The normalized spacial score (nSPS) is 20.3. The van der Waals surface area contributed by atoms with Crippen molar-refractivity contribution in [2.24, 2.45) is 0 Å². The topological polar surface area (TPSA) is 35.6 Å². The molecule has 3 rings (SSSR count). The minimum atomic E-state index is 0.198. The maximum atomic E-state index is 12.1. The molecule has 1 saturated carbocycles. The first-order valence-electron chi connectivity index (χ1n) is 8.23. The van der Waals surface area contributed by atoms with Gasteiger partial charge in [0.2, 0.25) is 5.91 Å². The maximum Gasteiger partial charge on any atom is 0.234 e. The minimum Gasteiger partial charge on any atom is -0.369 e. The lowest BCUT2D eigenvalue weighted by molar-refractivity contribution is -0.123. The number of hydrogen-bond donors (Lipinski definition) is 1. The third-order valence-electron chi connectivity index (χ3n) is 4.65. The highest BCUT2D eigenvalue weighted by Crippen LogP contribution is 2.20. The summed E-state index contributed by atoms with van der Waals surface area (Å²) in [5, 5.41) is 3.18. The molecular weight excluding hydrogens is 342 g/mol. The molecule has 0 spiro atoms. The maximum absolute atomic E-state index is 12.1. The Balaban J connectivity index is 1.43. The van der Waals surface area contributed by atoms with Crippen molar-refractivity contribution in [1.29, 1.82) is 0 Å². The fraction of sp³-hybridized carbons (Fsp3) is 0.588. The fourth-order valence-electron chi connectivity index (χ4n) is 3.36. The van der Waals surface area contributed by atoms with Crippen LogP contribution >= 0.6 is 15.9 Å². The van der Waals surface area contributed by atoms with Gasteiger partial charge in [0.15, 0.2) is 0 Å². The van der Waals surface area contributed by atoms with Gasteiger partial charge in [0.25, 0.3) is 0 Å². The highest BCUT2D eigenvalue weighted by Gasteiger charge is 2.21. The first-order chi connectivity index (χ1) is 10.7. The summed E-state index contributed by atoms with van der Waals surface area (Å²) in [7, 11) is 0. The van der Waals surface area contributed by atoms with E-state index in [2.05, 4.69) is 55.3 Å². The van der Waals surface area contributed by atoms with Gasteiger partial charge >= 0.3 is 0 Å². The molecule has 22 heavy (non-hydrogen) atoms. The van der Waals surface area contributed by atoms with E-state index in [1.165, 1.54) is 18.5 Å². The summed E-state index contributed by atoms with van der Waals surface area (Å²) in [6.07, 6.45) is 4.83. The summed E-state index contributed by atoms with van der Waals surface area (Å²) in [6.45, 7) is 4.42. The van der Waals surface area contributed by atoms with Gasteiger partial charge in [-0.25, -0.2) is 0 Å². The average molecular weight is 366 g/mol. The lowest BCUT2D eigenvalue weighted by Gasteiger charge is -2.35. The summed E-state index contributed by atoms with van der Waals surface area (Å²) in [6, 6.07) is 8.88. The molecule has 4 nitrogen and oxygen atoms in total. The third kappa shape index (κ3) is 4.23. The van der Waals surface area contributed by atoms with E-state index in [-0.39, 0.29) is 5.91 Å². The van der Waals surface area contributed by atoms with Gasteiger partial charge in [-0.15, -0.1) is 0 Å². The van der Waals surface area contributed by atoms with Crippen LogP contribution in [0.25, 0.3) is 0 Å². The van der Waals surface area contributed by atoms with E-state index in [9.17, 15) is 4.79 Å². The Kier molecular flexibility index (Phi) is 5.37. The van der Waals surface area contributed by atoms with Crippen molar-refractivity contribution in [2.45, 2.75) is 31.7 Å². The predicted molar refractivity (Wildman–Crippen MR) is 93.2 cm³/mol. The van der Waals surface area contributed by atoms with Crippen molar-refractivity contribution in [3.63, 3.8) is 0 Å². The fourth-order valence-corrected chi connectivity index (χ4v) is 3.63. The number of nitrogens with one attached hydrogen (secondary N) is 1. The summed E-state index contributed by atoms with van der Waals surface area (Å²) in [5.74, 6) is 0.198. The molecule has 1 N–H and O–H groups in total. The number of carbonyl (C=O) groups excluding carboxylic acids is 1. The Morgan fingerprint density at radius 1 is 1.09 bits per heavy atom. The number of piperazine rings is 1. The molecule has 2 aliphatic rings. The molecule has 1 aliphatic carbocycles. The Morgan fingerprint density at radius 3 is 2.36 bits per heavy atom. The average Bonchev–Trinajstić information content (AvgIpc) is 3.02. The van der Waals surface area contributed by atoms with Crippen molar-refractivity contribution in [3.05, 3.63) is 28.7 Å². The van der Waals surface area contributed by atoms with Gasteiger partial charge in [-0.05, 0) is 37.1 Å². The molecule has 1 saturated heterocycles. The van der Waals surface area contributed by atoms with E-state index in [0.717, 1.165) is 43.5 Å². The van der Waals surface area contributed by atoms with Crippen molar-refractivity contribution in [2.75, 3.05) is 37.6 Å². The molecule has 0 atom stereocenters. The van der Waals surface area contributed by atoms with Crippen LogP contribution in [0.2, 0.25) is 0 Å². The van der Waals surface area contributed by atoms with E-state index >= 15 is 0 Å². The number of halogens is 1. The molecule has 0 bridgehead atoms. The molecule has 0 radical (unpaired) electrons. The van der Waals surface area contributed by atoms with E-state index in [1.807, 2.05) is 0 Å². The molecule has 1 aromatic rings. The number of rotatable bonds is 4. The van der Waals surface area contributed by atoms with Gasteiger partial charge in [0, 0.05) is 42.4 Å². The van der Waals surface area contributed by atoms with Gasteiger partial charge in [0.1, 0.15) is 0 Å². The van der Waals surface area contributed by atoms with Crippen LogP contribution in [-0.2, 0) is 4.79 Å². The molecule has 0 aromatic heterocycles. The zero-order chi connectivity index (χ0) is 15.4. The summed E-state index contributed by atoms with van der Waals surface area (Å²) < 4.78 is 1.11. The van der Waals surface area contributed by atoms with Crippen molar-refractivity contribution >= 4 is 27.5 Å². The lowest BCUT2D eigenvalue weighted by Crippen LogP contribution is -2.50. The predicted octanol–water partition coefficient (Wildman–Crippen LogP) is 2.63. The number of carbonyl (C=O) groups is 1. The van der Waals surface area contributed by atoms with Crippen molar-refractivity contribution in [1.82, 2.24) is 10.2 Å². The second-order valence-electron chi connectivity index (χ2n) is 6.29. The zero-order valence-electron chi connectivity index (χ0n) is 12.9. The summed E-state index contributed by atoms with van der Waals surface area (Å²) >= 11 is 3.47. The van der Waals surface area contributed by atoms with Crippen LogP contribution in [0.3, 0.4) is 0 Å².